The maximum atomic E-state index is 9.12. The first-order valence-electron chi connectivity index (χ1n) is 7.41. The molecule has 1 aromatic carbocycles. The second-order valence-corrected chi connectivity index (χ2v) is 4.99. The summed E-state index contributed by atoms with van der Waals surface area (Å²) in [5.74, 6) is -0.645. The molecule has 3 heteroatoms. The van der Waals surface area contributed by atoms with Crippen molar-refractivity contribution in [1.82, 2.24) is 5.32 Å². The van der Waals surface area contributed by atoms with Gasteiger partial charge in [0.1, 0.15) is 0 Å². The molecule has 1 rings (SSSR count). The van der Waals surface area contributed by atoms with E-state index in [-0.39, 0.29) is 6.04 Å². The summed E-state index contributed by atoms with van der Waals surface area (Å²) in [5, 5.41) is 21.6. The molecular formula is C17H23N3. The van der Waals surface area contributed by atoms with E-state index < -0.39 is 5.92 Å². The lowest BCUT2D eigenvalue weighted by Gasteiger charge is -2.19. The Hall–Kier alpha value is -1.84. The lowest BCUT2D eigenvalue weighted by molar-refractivity contribution is 0.469. The van der Waals surface area contributed by atoms with E-state index in [0.717, 1.165) is 18.5 Å². The number of benzene rings is 1. The molecule has 0 bridgehead atoms. The van der Waals surface area contributed by atoms with Crippen LogP contribution in [0.25, 0.3) is 0 Å². The first-order chi connectivity index (χ1) is 9.83. The highest BCUT2D eigenvalue weighted by molar-refractivity contribution is 5.24. The molecule has 0 aromatic heterocycles. The summed E-state index contributed by atoms with van der Waals surface area (Å²) in [7, 11) is 0. The van der Waals surface area contributed by atoms with Gasteiger partial charge in [-0.05, 0) is 18.5 Å². The minimum Gasteiger partial charge on any atom is -0.308 e. The lowest BCUT2D eigenvalue weighted by Crippen LogP contribution is -2.28. The number of hydrogen-bond acceptors (Lipinski definition) is 3. The number of nitriles is 2. The van der Waals surface area contributed by atoms with Crippen LogP contribution < -0.4 is 5.32 Å². The second-order valence-electron chi connectivity index (χ2n) is 4.99. The second kappa shape index (κ2) is 10.0. The minimum atomic E-state index is -0.645. The van der Waals surface area contributed by atoms with Crippen LogP contribution in [0.4, 0.5) is 0 Å². The summed E-state index contributed by atoms with van der Waals surface area (Å²) >= 11 is 0. The predicted molar refractivity (Wildman–Crippen MR) is 80.7 cm³/mol. The van der Waals surface area contributed by atoms with Crippen molar-refractivity contribution in [1.29, 1.82) is 10.5 Å². The largest absolute Gasteiger partial charge is 0.308 e. The Morgan fingerprint density at radius 3 is 2.25 bits per heavy atom. The fourth-order valence-corrected chi connectivity index (χ4v) is 2.25. The molecule has 1 atom stereocenters. The van der Waals surface area contributed by atoms with Gasteiger partial charge in [0, 0.05) is 0 Å². The Morgan fingerprint density at radius 2 is 1.65 bits per heavy atom. The van der Waals surface area contributed by atoms with Crippen LogP contribution in [0.3, 0.4) is 0 Å². The van der Waals surface area contributed by atoms with Gasteiger partial charge in [0.25, 0.3) is 0 Å². The van der Waals surface area contributed by atoms with Gasteiger partial charge in [-0.25, -0.2) is 0 Å². The highest BCUT2D eigenvalue weighted by Crippen LogP contribution is 2.21. The summed E-state index contributed by atoms with van der Waals surface area (Å²) < 4.78 is 0. The molecule has 106 valence electrons. The summed E-state index contributed by atoms with van der Waals surface area (Å²) in [6.45, 7) is 3.05. The molecule has 0 radical (unpaired) electrons. The zero-order chi connectivity index (χ0) is 14.6. The average molecular weight is 269 g/mol. The smallest absolute Gasteiger partial charge is 0.152 e. The summed E-state index contributed by atoms with van der Waals surface area (Å²) in [6, 6.07) is 13.7. The van der Waals surface area contributed by atoms with Crippen molar-refractivity contribution in [3.63, 3.8) is 0 Å². The van der Waals surface area contributed by atoms with E-state index in [9.17, 15) is 0 Å². The van der Waals surface area contributed by atoms with Crippen molar-refractivity contribution in [2.75, 3.05) is 6.54 Å². The molecule has 0 fully saturated rings. The summed E-state index contributed by atoms with van der Waals surface area (Å²) in [6.07, 6.45) is 6.07. The molecule has 0 aliphatic rings. The van der Waals surface area contributed by atoms with Gasteiger partial charge in [-0.2, -0.15) is 10.5 Å². The van der Waals surface area contributed by atoms with Crippen LogP contribution in [0.15, 0.2) is 30.3 Å². The van der Waals surface area contributed by atoms with Crippen molar-refractivity contribution >= 4 is 0 Å². The van der Waals surface area contributed by atoms with Gasteiger partial charge in [0.2, 0.25) is 0 Å². The van der Waals surface area contributed by atoms with Crippen LogP contribution in [-0.2, 0) is 0 Å². The topological polar surface area (TPSA) is 59.6 Å². The minimum absolute atomic E-state index is 0.197. The molecule has 1 unspecified atom stereocenters. The number of nitrogens with one attached hydrogen (secondary N) is 1. The Balaban J connectivity index is 2.53. The van der Waals surface area contributed by atoms with Gasteiger partial charge in [0.15, 0.2) is 5.92 Å². The highest BCUT2D eigenvalue weighted by atomic mass is 14.9. The van der Waals surface area contributed by atoms with Crippen LogP contribution in [0.1, 0.15) is 50.6 Å². The van der Waals surface area contributed by atoms with Gasteiger partial charge < -0.3 is 5.32 Å². The summed E-state index contributed by atoms with van der Waals surface area (Å²) in [5.41, 5.74) is 1.01. The number of unbranched alkanes of at least 4 members (excludes halogenated alkanes) is 4. The van der Waals surface area contributed by atoms with Crippen LogP contribution in [0, 0.1) is 28.6 Å². The van der Waals surface area contributed by atoms with E-state index in [0.29, 0.717) is 0 Å². The standard InChI is InChI=1S/C17H23N3/c1-2-3-4-5-9-12-20-17(16(13-18)14-19)15-10-7-6-8-11-15/h6-8,10-11,16-17,20H,2-5,9,12H2,1H3. The number of rotatable bonds is 9. The lowest BCUT2D eigenvalue weighted by atomic mass is 9.95. The molecule has 0 amide bonds. The Kier molecular flexibility index (Phi) is 8.11. The Morgan fingerprint density at radius 1 is 1.00 bits per heavy atom. The zero-order valence-electron chi connectivity index (χ0n) is 12.2. The molecule has 0 heterocycles. The first-order valence-corrected chi connectivity index (χ1v) is 7.41. The highest BCUT2D eigenvalue weighted by Gasteiger charge is 2.21. The molecular weight excluding hydrogens is 246 g/mol. The monoisotopic (exact) mass is 269 g/mol. The van der Waals surface area contributed by atoms with Crippen LogP contribution in [-0.4, -0.2) is 6.54 Å². The van der Waals surface area contributed by atoms with E-state index in [1.165, 1.54) is 25.7 Å². The molecule has 1 aromatic rings. The molecule has 0 spiro atoms. The molecule has 0 aliphatic heterocycles. The molecule has 0 saturated carbocycles. The molecule has 20 heavy (non-hydrogen) atoms. The van der Waals surface area contributed by atoms with E-state index in [4.69, 9.17) is 10.5 Å². The van der Waals surface area contributed by atoms with Crippen LogP contribution >= 0.6 is 0 Å². The van der Waals surface area contributed by atoms with Gasteiger partial charge >= 0.3 is 0 Å². The Labute approximate surface area is 122 Å². The third kappa shape index (κ3) is 5.43. The van der Waals surface area contributed by atoms with Gasteiger partial charge in [-0.1, -0.05) is 62.9 Å². The maximum Gasteiger partial charge on any atom is 0.152 e. The van der Waals surface area contributed by atoms with Gasteiger partial charge in [-0.15, -0.1) is 0 Å². The molecule has 0 aliphatic carbocycles. The van der Waals surface area contributed by atoms with E-state index >= 15 is 0 Å². The summed E-state index contributed by atoms with van der Waals surface area (Å²) in [4.78, 5) is 0. The molecule has 1 N–H and O–H groups in total. The van der Waals surface area contributed by atoms with Crippen molar-refractivity contribution in [2.45, 2.75) is 45.1 Å². The average Bonchev–Trinajstić information content (AvgIpc) is 2.50. The normalized spacial score (nSPS) is 11.8. The van der Waals surface area contributed by atoms with E-state index in [1.807, 2.05) is 30.3 Å². The third-order valence-corrected chi connectivity index (χ3v) is 3.41. The van der Waals surface area contributed by atoms with Gasteiger partial charge in [0.05, 0.1) is 18.2 Å². The first kappa shape index (κ1) is 16.2. The fourth-order valence-electron chi connectivity index (χ4n) is 2.25. The fraction of sp³-hybridized carbons (Fsp3) is 0.529. The molecule has 0 saturated heterocycles. The van der Waals surface area contributed by atoms with Crippen LogP contribution in [0.2, 0.25) is 0 Å². The maximum absolute atomic E-state index is 9.12. The van der Waals surface area contributed by atoms with Gasteiger partial charge in [-0.3, -0.25) is 0 Å². The molecule has 3 nitrogen and oxygen atoms in total. The number of nitrogens with zero attached hydrogens (tertiary/aromatic N) is 2. The zero-order valence-corrected chi connectivity index (χ0v) is 12.2. The van der Waals surface area contributed by atoms with Crippen molar-refractivity contribution in [3.05, 3.63) is 35.9 Å². The number of hydrogen-bond donors (Lipinski definition) is 1. The Bertz CT molecular complexity index is 428. The van der Waals surface area contributed by atoms with Crippen molar-refractivity contribution in [2.24, 2.45) is 5.92 Å². The van der Waals surface area contributed by atoms with Crippen LogP contribution in [0.5, 0.6) is 0 Å². The van der Waals surface area contributed by atoms with Crippen molar-refractivity contribution < 1.29 is 0 Å². The predicted octanol–water partition coefficient (Wildman–Crippen LogP) is 3.95. The van der Waals surface area contributed by atoms with E-state index in [1.54, 1.807) is 0 Å². The third-order valence-electron chi connectivity index (χ3n) is 3.41. The SMILES string of the molecule is CCCCCCCNC(c1ccccc1)C(C#N)C#N. The van der Waals surface area contributed by atoms with E-state index in [2.05, 4.69) is 24.4 Å². The quantitative estimate of drug-likeness (QED) is 0.690. The van der Waals surface area contributed by atoms with Crippen molar-refractivity contribution in [3.8, 4) is 12.1 Å².